The molecule has 1 N–H and O–H groups in total. The summed E-state index contributed by atoms with van der Waals surface area (Å²) in [6.07, 6.45) is 4.15. The van der Waals surface area contributed by atoms with Crippen molar-refractivity contribution in [1.29, 1.82) is 0 Å². The van der Waals surface area contributed by atoms with E-state index in [0.29, 0.717) is 0 Å². The van der Waals surface area contributed by atoms with Crippen LogP contribution in [0.1, 0.15) is 18.9 Å². The van der Waals surface area contributed by atoms with Crippen LogP contribution in [0.4, 0.5) is 0 Å². The summed E-state index contributed by atoms with van der Waals surface area (Å²) in [4.78, 5) is 13.1. The van der Waals surface area contributed by atoms with E-state index in [0.717, 1.165) is 31.1 Å². The van der Waals surface area contributed by atoms with Gasteiger partial charge in [-0.2, -0.15) is 16.9 Å². The molecule has 1 aliphatic heterocycles. The number of hydrogen-bond acceptors (Lipinski definition) is 4. The van der Waals surface area contributed by atoms with E-state index in [9.17, 15) is 4.79 Å². The average molecular weight is 269 g/mol. The van der Waals surface area contributed by atoms with Crippen LogP contribution in [-0.4, -0.2) is 49.8 Å². The van der Waals surface area contributed by atoms with Crippen molar-refractivity contribution in [3.8, 4) is 0 Å². The third-order valence-electron chi connectivity index (χ3n) is 3.16. The zero-order valence-corrected chi connectivity index (χ0v) is 11.4. The van der Waals surface area contributed by atoms with Crippen molar-refractivity contribution in [3.05, 3.63) is 18.0 Å². The first-order chi connectivity index (χ1) is 8.69. The van der Waals surface area contributed by atoms with E-state index < -0.39 is 5.97 Å². The second-order valence-electron chi connectivity index (χ2n) is 4.50. The summed E-state index contributed by atoms with van der Waals surface area (Å²) in [5.41, 5.74) is 1.17. The Morgan fingerprint density at radius 2 is 2.50 bits per heavy atom. The normalized spacial score (nSPS) is 21.1. The minimum absolute atomic E-state index is 0.145. The zero-order valence-electron chi connectivity index (χ0n) is 10.6. The monoisotopic (exact) mass is 269 g/mol. The molecular formula is C12H19N3O2S. The lowest BCUT2D eigenvalue weighted by molar-refractivity contribution is -0.138. The van der Waals surface area contributed by atoms with Crippen molar-refractivity contribution in [2.24, 2.45) is 0 Å². The average Bonchev–Trinajstić information content (AvgIpc) is 2.79. The van der Waals surface area contributed by atoms with E-state index in [1.807, 2.05) is 28.8 Å². The maximum Gasteiger partial charge on any atom is 0.304 e. The molecule has 5 nitrogen and oxygen atoms in total. The third-order valence-corrected chi connectivity index (χ3v) is 4.25. The maximum atomic E-state index is 10.9. The van der Waals surface area contributed by atoms with Gasteiger partial charge in [-0.15, -0.1) is 0 Å². The molecule has 2 heterocycles. The Hall–Kier alpha value is -1.01. The number of thioether (sulfide) groups is 1. The lowest BCUT2D eigenvalue weighted by Crippen LogP contribution is -2.42. The minimum atomic E-state index is -0.711. The molecule has 18 heavy (non-hydrogen) atoms. The molecule has 0 spiro atoms. The SMILES string of the molecule is CCn1cc(CN2CCSCC2CC(=O)O)cn1. The lowest BCUT2D eigenvalue weighted by Gasteiger charge is -2.34. The zero-order chi connectivity index (χ0) is 13.0. The minimum Gasteiger partial charge on any atom is -0.481 e. The van der Waals surface area contributed by atoms with Gasteiger partial charge in [-0.05, 0) is 6.92 Å². The third kappa shape index (κ3) is 3.49. The number of hydrogen-bond donors (Lipinski definition) is 1. The summed E-state index contributed by atoms with van der Waals surface area (Å²) in [7, 11) is 0. The first kappa shape index (κ1) is 13.4. The van der Waals surface area contributed by atoms with E-state index >= 15 is 0 Å². The molecular weight excluding hydrogens is 250 g/mol. The first-order valence-corrected chi connectivity index (χ1v) is 7.39. The van der Waals surface area contributed by atoms with Crippen LogP contribution < -0.4 is 0 Å². The van der Waals surface area contributed by atoms with Crippen molar-refractivity contribution in [1.82, 2.24) is 14.7 Å². The Bertz CT molecular complexity index is 408. The van der Waals surface area contributed by atoms with E-state index in [4.69, 9.17) is 5.11 Å². The van der Waals surface area contributed by atoms with Gasteiger partial charge < -0.3 is 5.11 Å². The Kier molecular flexibility index (Phi) is 4.66. The summed E-state index contributed by atoms with van der Waals surface area (Å²) < 4.78 is 1.90. The van der Waals surface area contributed by atoms with E-state index in [2.05, 4.69) is 16.9 Å². The topological polar surface area (TPSA) is 58.4 Å². The van der Waals surface area contributed by atoms with Crippen molar-refractivity contribution in [3.63, 3.8) is 0 Å². The highest BCUT2D eigenvalue weighted by Gasteiger charge is 2.25. The van der Waals surface area contributed by atoms with E-state index in [1.165, 1.54) is 5.56 Å². The van der Waals surface area contributed by atoms with Crippen LogP contribution in [0.15, 0.2) is 12.4 Å². The molecule has 1 atom stereocenters. The molecule has 1 saturated heterocycles. The van der Waals surface area contributed by atoms with Gasteiger partial charge in [0.2, 0.25) is 0 Å². The Morgan fingerprint density at radius 1 is 1.67 bits per heavy atom. The molecule has 6 heteroatoms. The molecule has 0 aliphatic carbocycles. The van der Waals surface area contributed by atoms with Gasteiger partial charge in [0.05, 0.1) is 12.6 Å². The molecule has 0 aromatic carbocycles. The Labute approximate surface area is 111 Å². The van der Waals surface area contributed by atoms with Crippen LogP contribution >= 0.6 is 11.8 Å². The number of aromatic nitrogens is 2. The number of aryl methyl sites for hydroxylation is 1. The van der Waals surface area contributed by atoms with Gasteiger partial charge in [0.1, 0.15) is 0 Å². The molecule has 0 saturated carbocycles. The Morgan fingerprint density at radius 3 is 3.17 bits per heavy atom. The second-order valence-corrected chi connectivity index (χ2v) is 5.65. The molecule has 2 rings (SSSR count). The van der Waals surface area contributed by atoms with Crippen LogP contribution in [0.2, 0.25) is 0 Å². The van der Waals surface area contributed by atoms with Gasteiger partial charge in [-0.3, -0.25) is 14.4 Å². The number of aliphatic carboxylic acids is 1. The summed E-state index contributed by atoms with van der Waals surface area (Å²) in [5, 5.41) is 13.2. The quantitative estimate of drug-likeness (QED) is 0.873. The molecule has 100 valence electrons. The molecule has 1 unspecified atom stereocenters. The lowest BCUT2D eigenvalue weighted by atomic mass is 10.2. The van der Waals surface area contributed by atoms with Gasteiger partial charge in [-0.25, -0.2) is 0 Å². The van der Waals surface area contributed by atoms with Crippen molar-refractivity contribution < 1.29 is 9.90 Å². The van der Waals surface area contributed by atoms with Crippen molar-refractivity contribution in [2.75, 3.05) is 18.1 Å². The number of carbonyl (C=O) groups is 1. The fourth-order valence-electron chi connectivity index (χ4n) is 2.18. The molecule has 1 aliphatic rings. The molecule has 1 aromatic heterocycles. The predicted octanol–water partition coefficient (Wildman–Crippen LogP) is 1.30. The van der Waals surface area contributed by atoms with Crippen LogP contribution in [-0.2, 0) is 17.9 Å². The molecule has 0 amide bonds. The van der Waals surface area contributed by atoms with Gasteiger partial charge in [0, 0.05) is 48.9 Å². The first-order valence-electron chi connectivity index (χ1n) is 6.24. The van der Waals surface area contributed by atoms with Crippen molar-refractivity contribution >= 4 is 17.7 Å². The summed E-state index contributed by atoms with van der Waals surface area (Å²) in [6, 6.07) is 0.145. The number of nitrogens with zero attached hydrogens (tertiary/aromatic N) is 3. The summed E-state index contributed by atoms with van der Waals surface area (Å²) in [6.45, 7) is 4.69. The smallest absolute Gasteiger partial charge is 0.304 e. The predicted molar refractivity (Wildman–Crippen MR) is 71.7 cm³/mol. The highest BCUT2D eigenvalue weighted by molar-refractivity contribution is 7.99. The van der Waals surface area contributed by atoms with Gasteiger partial charge in [0.15, 0.2) is 0 Å². The standard InChI is InChI=1S/C12H19N3O2S/c1-2-15-8-10(6-13-15)7-14-3-4-18-9-11(14)5-12(16)17/h6,8,11H,2-5,7,9H2,1H3,(H,16,17). The molecule has 0 bridgehead atoms. The van der Waals surface area contributed by atoms with Crippen LogP contribution in [0, 0.1) is 0 Å². The largest absolute Gasteiger partial charge is 0.481 e. The van der Waals surface area contributed by atoms with E-state index in [-0.39, 0.29) is 12.5 Å². The second kappa shape index (κ2) is 6.24. The van der Waals surface area contributed by atoms with Crippen molar-refractivity contribution in [2.45, 2.75) is 32.5 Å². The summed E-state index contributed by atoms with van der Waals surface area (Å²) in [5.74, 6) is 1.28. The molecule has 1 aromatic rings. The maximum absolute atomic E-state index is 10.9. The fourth-order valence-corrected chi connectivity index (χ4v) is 3.31. The fraction of sp³-hybridized carbons (Fsp3) is 0.667. The highest BCUT2D eigenvalue weighted by atomic mass is 32.2. The van der Waals surface area contributed by atoms with Crippen LogP contribution in [0.3, 0.4) is 0 Å². The van der Waals surface area contributed by atoms with Crippen LogP contribution in [0.5, 0.6) is 0 Å². The molecule has 1 fully saturated rings. The van der Waals surface area contributed by atoms with Gasteiger partial charge in [-0.1, -0.05) is 0 Å². The summed E-state index contributed by atoms with van der Waals surface area (Å²) >= 11 is 1.84. The van der Waals surface area contributed by atoms with E-state index in [1.54, 1.807) is 0 Å². The molecule has 0 radical (unpaired) electrons. The number of carboxylic acids is 1. The highest BCUT2D eigenvalue weighted by Crippen LogP contribution is 2.21. The number of rotatable bonds is 5. The van der Waals surface area contributed by atoms with Gasteiger partial charge >= 0.3 is 5.97 Å². The number of carboxylic acid groups (broad SMARTS) is 1. The Balaban J connectivity index is 1.98. The van der Waals surface area contributed by atoms with Gasteiger partial charge in [0.25, 0.3) is 0 Å². The van der Waals surface area contributed by atoms with Crippen LogP contribution in [0.25, 0.3) is 0 Å².